The van der Waals surface area contributed by atoms with Crippen molar-refractivity contribution in [2.24, 2.45) is 11.8 Å². The minimum absolute atomic E-state index is 0.0455. The standard InChI is InChI=1S/C21H31N3O3S2/c1-13(2)11-24-20(26)18-15-7-6-14(3)10-16(15)29-19(18)23-21(24)28-12-17(25)22-8-5-9-27-4/h13-14H,5-12H2,1-4H3,(H,22,25). The van der Waals surface area contributed by atoms with Crippen LogP contribution in [0.2, 0.25) is 0 Å². The van der Waals surface area contributed by atoms with Crippen LogP contribution in [0.4, 0.5) is 0 Å². The second kappa shape index (κ2) is 10.1. The van der Waals surface area contributed by atoms with Crippen LogP contribution in [0.3, 0.4) is 0 Å². The van der Waals surface area contributed by atoms with Gasteiger partial charge in [-0.25, -0.2) is 4.98 Å². The second-order valence-electron chi connectivity index (χ2n) is 8.22. The molecule has 1 unspecified atom stereocenters. The predicted octanol–water partition coefficient (Wildman–Crippen LogP) is 3.48. The van der Waals surface area contributed by atoms with Crippen LogP contribution in [0.25, 0.3) is 10.2 Å². The van der Waals surface area contributed by atoms with Gasteiger partial charge < -0.3 is 10.1 Å². The molecule has 1 N–H and O–H groups in total. The molecule has 0 saturated heterocycles. The first-order chi connectivity index (χ1) is 13.9. The summed E-state index contributed by atoms with van der Waals surface area (Å²) < 4.78 is 6.78. The number of thiophene rings is 1. The van der Waals surface area contributed by atoms with E-state index in [1.165, 1.54) is 22.2 Å². The largest absolute Gasteiger partial charge is 0.385 e. The third-order valence-electron chi connectivity index (χ3n) is 5.11. The van der Waals surface area contributed by atoms with E-state index in [2.05, 4.69) is 26.1 Å². The number of aryl methyl sites for hydroxylation is 1. The summed E-state index contributed by atoms with van der Waals surface area (Å²) in [5, 5.41) is 4.35. The number of carbonyl (C=O) groups excluding carboxylic acids is 1. The fraction of sp³-hybridized carbons (Fsp3) is 0.667. The molecule has 3 rings (SSSR count). The number of thioether (sulfide) groups is 1. The quantitative estimate of drug-likeness (QED) is 0.369. The van der Waals surface area contributed by atoms with E-state index in [0.29, 0.717) is 36.7 Å². The van der Waals surface area contributed by atoms with E-state index in [-0.39, 0.29) is 17.2 Å². The van der Waals surface area contributed by atoms with Gasteiger partial charge in [0.05, 0.1) is 11.1 Å². The van der Waals surface area contributed by atoms with Crippen molar-refractivity contribution in [2.75, 3.05) is 26.0 Å². The Balaban J connectivity index is 1.85. The number of methoxy groups -OCH3 is 1. The molecule has 0 radical (unpaired) electrons. The second-order valence-corrected chi connectivity index (χ2v) is 10.2. The van der Waals surface area contributed by atoms with E-state index >= 15 is 0 Å². The number of fused-ring (bicyclic) bond motifs is 3. The number of ether oxygens (including phenoxy) is 1. The highest BCUT2D eigenvalue weighted by Crippen LogP contribution is 2.36. The predicted molar refractivity (Wildman–Crippen MR) is 120 cm³/mol. The molecule has 0 saturated carbocycles. The van der Waals surface area contributed by atoms with Crippen LogP contribution in [-0.2, 0) is 28.9 Å². The van der Waals surface area contributed by atoms with Gasteiger partial charge in [0, 0.05) is 31.7 Å². The molecular formula is C21H31N3O3S2. The van der Waals surface area contributed by atoms with Crippen molar-refractivity contribution in [1.29, 1.82) is 0 Å². The van der Waals surface area contributed by atoms with Crippen LogP contribution < -0.4 is 10.9 Å². The van der Waals surface area contributed by atoms with Crippen LogP contribution in [0.1, 0.15) is 44.1 Å². The van der Waals surface area contributed by atoms with Crippen molar-refractivity contribution < 1.29 is 9.53 Å². The van der Waals surface area contributed by atoms with Crippen molar-refractivity contribution in [3.05, 3.63) is 20.8 Å². The number of nitrogens with zero attached hydrogens (tertiary/aromatic N) is 2. The van der Waals surface area contributed by atoms with Crippen LogP contribution >= 0.6 is 23.1 Å². The molecule has 0 aromatic carbocycles. The van der Waals surface area contributed by atoms with Gasteiger partial charge in [0.2, 0.25) is 5.91 Å². The Morgan fingerprint density at radius 2 is 2.24 bits per heavy atom. The van der Waals surface area contributed by atoms with Gasteiger partial charge in [0.25, 0.3) is 5.56 Å². The summed E-state index contributed by atoms with van der Waals surface area (Å²) in [5.41, 5.74) is 1.27. The van der Waals surface area contributed by atoms with Gasteiger partial charge in [0.1, 0.15) is 4.83 Å². The summed E-state index contributed by atoms with van der Waals surface area (Å²) in [6.45, 7) is 8.29. The smallest absolute Gasteiger partial charge is 0.263 e. The zero-order valence-corrected chi connectivity index (χ0v) is 19.4. The lowest BCUT2D eigenvalue weighted by molar-refractivity contribution is -0.118. The molecule has 6 nitrogen and oxygen atoms in total. The average molecular weight is 438 g/mol. The van der Waals surface area contributed by atoms with Gasteiger partial charge in [0.15, 0.2) is 5.16 Å². The van der Waals surface area contributed by atoms with E-state index < -0.39 is 0 Å². The zero-order chi connectivity index (χ0) is 21.0. The fourth-order valence-corrected chi connectivity index (χ4v) is 5.93. The molecule has 1 aliphatic rings. The maximum atomic E-state index is 13.4. The van der Waals surface area contributed by atoms with Crippen LogP contribution in [0.15, 0.2) is 9.95 Å². The summed E-state index contributed by atoms with van der Waals surface area (Å²) in [4.78, 5) is 32.6. The van der Waals surface area contributed by atoms with E-state index in [9.17, 15) is 9.59 Å². The molecule has 2 aromatic rings. The zero-order valence-electron chi connectivity index (χ0n) is 17.7. The summed E-state index contributed by atoms with van der Waals surface area (Å²) >= 11 is 3.01. The Bertz CT molecular complexity index is 920. The third-order valence-corrected chi connectivity index (χ3v) is 7.23. The lowest BCUT2D eigenvalue weighted by Crippen LogP contribution is -2.29. The van der Waals surface area contributed by atoms with Gasteiger partial charge in [-0.1, -0.05) is 32.5 Å². The molecule has 1 amide bonds. The number of rotatable bonds is 9. The number of amides is 1. The Morgan fingerprint density at radius 1 is 1.45 bits per heavy atom. The minimum atomic E-state index is -0.0455. The van der Waals surface area contributed by atoms with E-state index in [1.54, 1.807) is 23.0 Å². The molecule has 0 aliphatic heterocycles. The molecule has 29 heavy (non-hydrogen) atoms. The minimum Gasteiger partial charge on any atom is -0.385 e. The number of hydrogen-bond donors (Lipinski definition) is 1. The third kappa shape index (κ3) is 5.41. The number of nitrogens with one attached hydrogen (secondary N) is 1. The first-order valence-electron chi connectivity index (χ1n) is 10.3. The van der Waals surface area contributed by atoms with Crippen molar-refractivity contribution in [1.82, 2.24) is 14.9 Å². The van der Waals surface area contributed by atoms with Crippen molar-refractivity contribution in [3.8, 4) is 0 Å². The number of hydrogen-bond acceptors (Lipinski definition) is 6. The molecule has 0 fully saturated rings. The fourth-order valence-electron chi connectivity index (χ4n) is 3.67. The summed E-state index contributed by atoms with van der Waals surface area (Å²) in [6.07, 6.45) is 3.91. The van der Waals surface area contributed by atoms with E-state index in [0.717, 1.165) is 35.9 Å². The average Bonchev–Trinajstić information content (AvgIpc) is 3.03. The SMILES string of the molecule is COCCCNC(=O)CSc1nc2sc3c(c2c(=O)n1CC(C)C)CCC(C)C3. The first-order valence-corrected chi connectivity index (χ1v) is 12.1. The Kier molecular flexibility index (Phi) is 7.76. The van der Waals surface area contributed by atoms with Crippen molar-refractivity contribution in [3.63, 3.8) is 0 Å². The Morgan fingerprint density at radius 3 is 2.97 bits per heavy atom. The number of aromatic nitrogens is 2. The Labute approximate surface area is 180 Å². The molecule has 0 spiro atoms. The first kappa shape index (κ1) is 22.3. The van der Waals surface area contributed by atoms with Gasteiger partial charge in [-0.15, -0.1) is 11.3 Å². The maximum Gasteiger partial charge on any atom is 0.263 e. The highest BCUT2D eigenvalue weighted by Gasteiger charge is 2.25. The van der Waals surface area contributed by atoms with Crippen LogP contribution in [0.5, 0.6) is 0 Å². The normalized spacial score (nSPS) is 16.4. The molecule has 2 heterocycles. The molecule has 2 aromatic heterocycles. The molecule has 1 aliphatic carbocycles. The summed E-state index contributed by atoms with van der Waals surface area (Å²) in [7, 11) is 1.65. The van der Waals surface area contributed by atoms with E-state index in [1.807, 2.05) is 0 Å². The Hall–Kier alpha value is -1.38. The summed E-state index contributed by atoms with van der Waals surface area (Å²) in [5.74, 6) is 1.19. The van der Waals surface area contributed by atoms with Gasteiger partial charge in [-0.2, -0.15) is 0 Å². The highest BCUT2D eigenvalue weighted by atomic mass is 32.2. The number of carbonyl (C=O) groups is 1. The van der Waals surface area contributed by atoms with Crippen LogP contribution in [0, 0.1) is 11.8 Å². The van der Waals surface area contributed by atoms with Crippen molar-refractivity contribution >= 4 is 39.2 Å². The summed E-state index contributed by atoms with van der Waals surface area (Å²) in [6, 6.07) is 0. The molecular weight excluding hydrogens is 406 g/mol. The topological polar surface area (TPSA) is 73.2 Å². The lowest BCUT2D eigenvalue weighted by atomic mass is 9.89. The maximum absolute atomic E-state index is 13.4. The molecule has 160 valence electrons. The van der Waals surface area contributed by atoms with Gasteiger partial charge in [-0.05, 0) is 43.1 Å². The van der Waals surface area contributed by atoms with Gasteiger partial charge >= 0.3 is 0 Å². The van der Waals surface area contributed by atoms with Crippen LogP contribution in [-0.4, -0.2) is 41.5 Å². The highest BCUT2D eigenvalue weighted by molar-refractivity contribution is 7.99. The van der Waals surface area contributed by atoms with Crippen molar-refractivity contribution in [2.45, 2.75) is 58.2 Å². The molecule has 1 atom stereocenters. The van der Waals surface area contributed by atoms with Gasteiger partial charge in [-0.3, -0.25) is 14.2 Å². The lowest BCUT2D eigenvalue weighted by Gasteiger charge is -2.18. The molecule has 8 heteroatoms. The monoisotopic (exact) mass is 437 g/mol. The molecule has 0 bridgehead atoms. The van der Waals surface area contributed by atoms with E-state index in [4.69, 9.17) is 9.72 Å².